The molecule has 31 heavy (non-hydrogen) atoms. The first-order valence-corrected chi connectivity index (χ1v) is 10.0. The summed E-state index contributed by atoms with van der Waals surface area (Å²) in [5.74, 6) is -0.426. The second kappa shape index (κ2) is 7.64. The smallest absolute Gasteiger partial charge is 0.311 e. The summed E-state index contributed by atoms with van der Waals surface area (Å²) >= 11 is 12.2. The highest BCUT2D eigenvalue weighted by atomic mass is 35.5. The zero-order valence-electron chi connectivity index (χ0n) is 16.2. The van der Waals surface area contributed by atoms with E-state index in [9.17, 15) is 4.79 Å². The Balaban J connectivity index is 1.79. The molecular weight excluding hydrogens is 439 g/mol. The molecule has 0 amide bonds. The topological polar surface area (TPSA) is 87.2 Å². The molecule has 3 heterocycles. The van der Waals surface area contributed by atoms with E-state index < -0.39 is 5.97 Å². The summed E-state index contributed by atoms with van der Waals surface area (Å²) in [5, 5.41) is 19.1. The van der Waals surface area contributed by atoms with Crippen LogP contribution in [0.25, 0.3) is 33.6 Å². The molecule has 154 valence electrons. The van der Waals surface area contributed by atoms with E-state index in [0.29, 0.717) is 32.6 Å². The molecule has 0 aliphatic heterocycles. The third kappa shape index (κ3) is 3.39. The second-order valence-electron chi connectivity index (χ2n) is 6.76. The van der Waals surface area contributed by atoms with Gasteiger partial charge in [-0.2, -0.15) is 14.7 Å². The Kier molecular flexibility index (Phi) is 4.80. The van der Waals surface area contributed by atoms with E-state index in [1.54, 1.807) is 33.6 Å². The maximum atomic E-state index is 11.9. The van der Waals surface area contributed by atoms with Gasteiger partial charge in [-0.25, -0.2) is 4.68 Å². The standard InChI is InChI=1S/C21H14Cl2N6O2/c1-31-18(30)10-17-19-21(28(27-17)15-7-5-13(22)6-8-15)29-20(26-25-19)16(11-24-29)12-3-2-4-14(23)9-12/h2-9,11H,10H2,1H3. The van der Waals surface area contributed by atoms with Crippen LogP contribution in [0.1, 0.15) is 5.69 Å². The molecule has 10 heteroatoms. The van der Waals surface area contributed by atoms with Crippen molar-refractivity contribution >= 4 is 46.0 Å². The van der Waals surface area contributed by atoms with Gasteiger partial charge in [-0.15, -0.1) is 10.2 Å². The third-order valence-electron chi connectivity index (χ3n) is 4.84. The molecule has 0 unspecified atom stereocenters. The molecule has 0 spiro atoms. The van der Waals surface area contributed by atoms with Gasteiger partial charge in [0, 0.05) is 15.6 Å². The molecule has 8 nitrogen and oxygen atoms in total. The molecular formula is C21H14Cl2N6O2. The number of ether oxygens (including phenoxy) is 1. The molecule has 0 aliphatic rings. The summed E-state index contributed by atoms with van der Waals surface area (Å²) in [4.78, 5) is 11.9. The van der Waals surface area contributed by atoms with Crippen LogP contribution in [0.5, 0.6) is 0 Å². The number of benzene rings is 2. The molecule has 2 aromatic carbocycles. The van der Waals surface area contributed by atoms with Crippen LogP contribution >= 0.6 is 23.2 Å². The van der Waals surface area contributed by atoms with Gasteiger partial charge in [-0.05, 0) is 42.0 Å². The summed E-state index contributed by atoms with van der Waals surface area (Å²) in [6.45, 7) is 0. The van der Waals surface area contributed by atoms with Crippen LogP contribution in [-0.4, -0.2) is 42.7 Å². The minimum Gasteiger partial charge on any atom is -0.469 e. The van der Waals surface area contributed by atoms with Gasteiger partial charge in [-0.3, -0.25) is 4.79 Å². The SMILES string of the molecule is COC(=O)Cc1nn(-c2ccc(Cl)cc2)c2c1nnc1c(-c3cccc(Cl)c3)cnn12. The highest BCUT2D eigenvalue weighted by molar-refractivity contribution is 6.31. The number of fused-ring (bicyclic) bond motifs is 3. The fourth-order valence-corrected chi connectivity index (χ4v) is 3.69. The third-order valence-corrected chi connectivity index (χ3v) is 5.33. The summed E-state index contributed by atoms with van der Waals surface area (Å²) in [6.07, 6.45) is 1.66. The predicted octanol–water partition coefficient (Wildman–Crippen LogP) is 4.15. The molecule has 5 rings (SSSR count). The lowest BCUT2D eigenvalue weighted by atomic mass is 10.1. The number of esters is 1. The van der Waals surface area contributed by atoms with Crippen LogP contribution in [-0.2, 0) is 16.0 Å². The van der Waals surface area contributed by atoms with E-state index in [-0.39, 0.29) is 6.42 Å². The number of nitrogens with zero attached hydrogens (tertiary/aromatic N) is 6. The molecule has 0 N–H and O–H groups in total. The van der Waals surface area contributed by atoms with E-state index in [1.807, 2.05) is 30.3 Å². The maximum Gasteiger partial charge on any atom is 0.311 e. The van der Waals surface area contributed by atoms with Crippen LogP contribution in [0.3, 0.4) is 0 Å². The first kappa shape index (κ1) is 19.5. The molecule has 0 saturated heterocycles. The van der Waals surface area contributed by atoms with Crippen molar-refractivity contribution in [2.75, 3.05) is 7.11 Å². The van der Waals surface area contributed by atoms with Gasteiger partial charge in [0.05, 0.1) is 25.4 Å². The van der Waals surface area contributed by atoms with Crippen LogP contribution in [0, 0.1) is 0 Å². The van der Waals surface area contributed by atoms with Gasteiger partial charge in [0.25, 0.3) is 0 Å². The number of methoxy groups -OCH3 is 1. The summed E-state index contributed by atoms with van der Waals surface area (Å²) in [6, 6.07) is 14.6. The maximum absolute atomic E-state index is 11.9. The first-order valence-electron chi connectivity index (χ1n) is 9.26. The van der Waals surface area contributed by atoms with E-state index in [1.165, 1.54) is 7.11 Å². The van der Waals surface area contributed by atoms with Crippen molar-refractivity contribution in [2.45, 2.75) is 6.42 Å². The average molecular weight is 453 g/mol. The van der Waals surface area contributed by atoms with Crippen LogP contribution in [0.2, 0.25) is 10.0 Å². The van der Waals surface area contributed by atoms with Gasteiger partial charge in [-0.1, -0.05) is 35.3 Å². The Hall–Kier alpha value is -3.49. The minimum atomic E-state index is -0.426. The number of carbonyl (C=O) groups is 1. The van der Waals surface area contributed by atoms with Crippen LogP contribution in [0.15, 0.2) is 54.7 Å². The zero-order valence-corrected chi connectivity index (χ0v) is 17.7. The fraction of sp³-hybridized carbons (Fsp3) is 0.0952. The lowest BCUT2D eigenvalue weighted by Gasteiger charge is -2.05. The predicted molar refractivity (Wildman–Crippen MR) is 117 cm³/mol. The number of halogens is 2. The average Bonchev–Trinajstić information content (AvgIpc) is 3.36. The first-order chi connectivity index (χ1) is 15.0. The normalized spacial score (nSPS) is 11.3. The summed E-state index contributed by atoms with van der Waals surface area (Å²) in [7, 11) is 1.33. The molecule has 0 saturated carbocycles. The van der Waals surface area contributed by atoms with Crippen molar-refractivity contribution in [2.24, 2.45) is 0 Å². The zero-order chi connectivity index (χ0) is 21.5. The molecule has 0 fully saturated rings. The largest absolute Gasteiger partial charge is 0.469 e. The van der Waals surface area contributed by atoms with Gasteiger partial charge in [0.1, 0.15) is 5.69 Å². The number of hydrogen-bond acceptors (Lipinski definition) is 6. The number of carbonyl (C=O) groups excluding carboxylic acids is 1. The Morgan fingerprint density at radius 1 is 1.06 bits per heavy atom. The highest BCUT2D eigenvalue weighted by Gasteiger charge is 2.22. The van der Waals surface area contributed by atoms with Crippen molar-refractivity contribution in [3.63, 3.8) is 0 Å². The Labute approximate surface area is 186 Å². The molecule has 5 aromatic rings. The van der Waals surface area contributed by atoms with E-state index in [0.717, 1.165) is 16.8 Å². The minimum absolute atomic E-state index is 0.0454. The Morgan fingerprint density at radius 3 is 2.61 bits per heavy atom. The Morgan fingerprint density at radius 2 is 1.87 bits per heavy atom. The quantitative estimate of drug-likeness (QED) is 0.380. The number of rotatable bonds is 4. The van der Waals surface area contributed by atoms with Crippen molar-refractivity contribution in [3.05, 3.63) is 70.5 Å². The fourth-order valence-electron chi connectivity index (χ4n) is 3.38. The monoisotopic (exact) mass is 452 g/mol. The van der Waals surface area contributed by atoms with E-state index in [4.69, 9.17) is 27.9 Å². The number of aromatic nitrogens is 6. The molecule has 0 bridgehead atoms. The summed E-state index contributed by atoms with van der Waals surface area (Å²) < 4.78 is 8.13. The van der Waals surface area contributed by atoms with Crippen molar-refractivity contribution < 1.29 is 9.53 Å². The second-order valence-corrected chi connectivity index (χ2v) is 7.64. The molecule has 3 aromatic heterocycles. The van der Waals surface area contributed by atoms with Crippen molar-refractivity contribution in [1.29, 1.82) is 0 Å². The van der Waals surface area contributed by atoms with Gasteiger partial charge in [0.2, 0.25) is 0 Å². The number of hydrogen-bond donors (Lipinski definition) is 0. The Bertz CT molecular complexity index is 1440. The lowest BCUT2D eigenvalue weighted by molar-refractivity contribution is -0.139. The molecule has 0 atom stereocenters. The van der Waals surface area contributed by atoms with Crippen LogP contribution < -0.4 is 0 Å². The van der Waals surface area contributed by atoms with Gasteiger partial charge < -0.3 is 4.74 Å². The summed E-state index contributed by atoms with van der Waals surface area (Å²) in [5.41, 5.74) is 4.37. The highest BCUT2D eigenvalue weighted by Crippen LogP contribution is 2.29. The van der Waals surface area contributed by atoms with Crippen molar-refractivity contribution in [3.8, 4) is 16.8 Å². The molecule has 0 radical (unpaired) electrons. The lowest BCUT2D eigenvalue weighted by Crippen LogP contribution is -2.06. The van der Waals surface area contributed by atoms with Gasteiger partial charge >= 0.3 is 5.97 Å². The van der Waals surface area contributed by atoms with Crippen LogP contribution in [0.4, 0.5) is 0 Å². The van der Waals surface area contributed by atoms with E-state index >= 15 is 0 Å². The van der Waals surface area contributed by atoms with E-state index in [2.05, 4.69) is 20.4 Å². The molecule has 0 aliphatic carbocycles. The van der Waals surface area contributed by atoms with Crippen molar-refractivity contribution in [1.82, 2.24) is 29.6 Å². The van der Waals surface area contributed by atoms with Gasteiger partial charge in [0.15, 0.2) is 16.8 Å².